The fourth-order valence-corrected chi connectivity index (χ4v) is 6.46. The van der Waals surface area contributed by atoms with E-state index in [0.717, 1.165) is 11.1 Å². The van der Waals surface area contributed by atoms with Crippen molar-refractivity contribution in [3.63, 3.8) is 0 Å². The fourth-order valence-electron chi connectivity index (χ4n) is 3.11. The van der Waals surface area contributed by atoms with Crippen LogP contribution in [0.3, 0.4) is 0 Å². The van der Waals surface area contributed by atoms with Gasteiger partial charge in [-0.05, 0) is 63.8 Å². The number of aryl methyl sites for hydroxylation is 2. The molecule has 0 fully saturated rings. The highest BCUT2D eigenvalue weighted by molar-refractivity contribution is 7.91. The minimum atomic E-state index is -3.45. The predicted molar refractivity (Wildman–Crippen MR) is 129 cm³/mol. The van der Waals surface area contributed by atoms with E-state index in [1.807, 2.05) is 13.8 Å². The maximum Gasteiger partial charge on any atom is 0.178 e. The molecule has 0 N–H and O–H groups in total. The molecule has 5 nitrogen and oxygen atoms in total. The van der Waals surface area contributed by atoms with E-state index in [9.17, 15) is 21.6 Å². The van der Waals surface area contributed by atoms with E-state index in [1.165, 1.54) is 0 Å². The van der Waals surface area contributed by atoms with Crippen molar-refractivity contribution in [3.8, 4) is 0 Å². The lowest BCUT2D eigenvalue weighted by Crippen LogP contribution is -2.26. The third kappa shape index (κ3) is 7.87. The van der Waals surface area contributed by atoms with Gasteiger partial charge in [0.15, 0.2) is 25.5 Å². The number of rotatable bonds is 12. The van der Waals surface area contributed by atoms with Gasteiger partial charge in [-0.3, -0.25) is 4.79 Å². The third-order valence-corrected chi connectivity index (χ3v) is 9.62. The van der Waals surface area contributed by atoms with E-state index in [-0.39, 0.29) is 47.0 Å². The first-order chi connectivity index (χ1) is 14.9. The van der Waals surface area contributed by atoms with Crippen LogP contribution in [0.1, 0.15) is 36.8 Å². The predicted octanol–water partition coefficient (Wildman–Crippen LogP) is 4.90. The molecule has 176 valence electrons. The zero-order chi connectivity index (χ0) is 23.9. The van der Waals surface area contributed by atoms with Crippen molar-refractivity contribution in [1.82, 2.24) is 0 Å². The lowest BCUT2D eigenvalue weighted by atomic mass is 10.1. The fraction of sp³-hybridized carbons (Fsp3) is 0.435. The number of benzene rings is 2. The molecule has 0 heterocycles. The van der Waals surface area contributed by atoms with Gasteiger partial charge in [-0.1, -0.05) is 35.4 Å². The molecule has 0 bridgehead atoms. The van der Waals surface area contributed by atoms with Crippen molar-refractivity contribution < 1.29 is 21.6 Å². The van der Waals surface area contributed by atoms with Gasteiger partial charge in [0.1, 0.15) is 0 Å². The van der Waals surface area contributed by atoms with Crippen LogP contribution in [0.15, 0.2) is 58.3 Å². The average molecular weight is 520 g/mol. The van der Waals surface area contributed by atoms with Gasteiger partial charge in [-0.25, -0.2) is 16.8 Å². The van der Waals surface area contributed by atoms with Crippen LogP contribution in [0.2, 0.25) is 0 Å². The summed E-state index contributed by atoms with van der Waals surface area (Å²) in [6.45, 7) is 3.75. The summed E-state index contributed by atoms with van der Waals surface area (Å²) in [6, 6.07) is 13.2. The van der Waals surface area contributed by atoms with Crippen LogP contribution in [-0.4, -0.2) is 44.9 Å². The highest BCUT2D eigenvalue weighted by atomic mass is 35.5. The molecule has 32 heavy (non-hydrogen) atoms. The number of carbonyl (C=O) groups is 1. The molecule has 0 radical (unpaired) electrons. The number of ketones is 1. The number of hydrogen-bond donors (Lipinski definition) is 0. The van der Waals surface area contributed by atoms with Gasteiger partial charge in [-0.15, -0.1) is 23.2 Å². The third-order valence-electron chi connectivity index (χ3n) is 5.12. The topological polar surface area (TPSA) is 85.3 Å². The summed E-state index contributed by atoms with van der Waals surface area (Å²) >= 11 is 12.3. The normalized spacial score (nSPS) is 14.1. The van der Waals surface area contributed by atoms with Crippen molar-refractivity contribution in [2.45, 2.75) is 60.1 Å². The van der Waals surface area contributed by atoms with Gasteiger partial charge in [0.25, 0.3) is 0 Å². The molecule has 0 aliphatic carbocycles. The number of sulfone groups is 2. The SMILES string of the molecule is Cc1ccc(S(=O)(=O)CCCC(Cl)C(=O)C(Cl)CCCS(=O)(=O)c2ccc(C)cc2)cc1. The van der Waals surface area contributed by atoms with Gasteiger partial charge in [-0.2, -0.15) is 0 Å². The van der Waals surface area contributed by atoms with E-state index in [1.54, 1.807) is 48.5 Å². The molecule has 9 heteroatoms. The van der Waals surface area contributed by atoms with Crippen molar-refractivity contribution >= 4 is 48.7 Å². The van der Waals surface area contributed by atoms with Crippen molar-refractivity contribution in [2.24, 2.45) is 0 Å². The Balaban J connectivity index is 1.79. The summed E-state index contributed by atoms with van der Waals surface area (Å²) in [5.41, 5.74) is 1.94. The Morgan fingerprint density at radius 3 is 1.31 bits per heavy atom. The molecular weight excluding hydrogens is 491 g/mol. The maximum atomic E-state index is 12.4. The highest BCUT2D eigenvalue weighted by Crippen LogP contribution is 2.20. The van der Waals surface area contributed by atoms with Gasteiger partial charge >= 0.3 is 0 Å². The minimum Gasteiger partial charge on any atom is -0.296 e. The monoisotopic (exact) mass is 518 g/mol. The average Bonchev–Trinajstić information content (AvgIpc) is 2.73. The molecule has 0 aliphatic rings. The van der Waals surface area contributed by atoms with E-state index in [4.69, 9.17) is 23.2 Å². The summed E-state index contributed by atoms with van der Waals surface area (Å²) in [6.07, 6.45) is 0.801. The van der Waals surface area contributed by atoms with Gasteiger partial charge in [0.05, 0.1) is 32.1 Å². The van der Waals surface area contributed by atoms with E-state index < -0.39 is 36.2 Å². The Bertz CT molecular complexity index is 1020. The lowest BCUT2D eigenvalue weighted by molar-refractivity contribution is -0.118. The number of hydrogen-bond acceptors (Lipinski definition) is 5. The van der Waals surface area contributed by atoms with E-state index >= 15 is 0 Å². The molecule has 0 saturated carbocycles. The largest absolute Gasteiger partial charge is 0.296 e. The molecule has 0 amide bonds. The zero-order valence-corrected chi connectivity index (χ0v) is 21.3. The Morgan fingerprint density at radius 2 is 1.00 bits per heavy atom. The van der Waals surface area contributed by atoms with Gasteiger partial charge < -0.3 is 0 Å². The second-order valence-electron chi connectivity index (χ2n) is 7.89. The molecule has 2 aromatic rings. The summed E-state index contributed by atoms with van der Waals surface area (Å²) in [5.74, 6) is -0.642. The Labute approximate surface area is 201 Å². The second-order valence-corrected chi connectivity index (χ2v) is 13.2. The molecular formula is C23H28Cl2O5S2. The molecule has 2 aromatic carbocycles. The molecule has 0 spiro atoms. The molecule has 0 saturated heterocycles. The lowest BCUT2D eigenvalue weighted by Gasteiger charge is -2.13. The summed E-state index contributed by atoms with van der Waals surface area (Å²) in [7, 11) is -6.90. The second kappa shape index (κ2) is 11.6. The summed E-state index contributed by atoms with van der Waals surface area (Å²) in [5, 5.41) is -1.83. The van der Waals surface area contributed by atoms with Crippen LogP contribution in [0, 0.1) is 13.8 Å². The summed E-state index contributed by atoms with van der Waals surface area (Å²) in [4.78, 5) is 12.9. The van der Waals surface area contributed by atoms with Crippen LogP contribution < -0.4 is 0 Å². The maximum absolute atomic E-state index is 12.4. The van der Waals surface area contributed by atoms with Crippen LogP contribution >= 0.6 is 23.2 Å². The smallest absolute Gasteiger partial charge is 0.178 e. The van der Waals surface area contributed by atoms with Crippen LogP contribution in [0.25, 0.3) is 0 Å². The number of halogens is 2. The van der Waals surface area contributed by atoms with Crippen LogP contribution in [-0.2, 0) is 24.5 Å². The van der Waals surface area contributed by atoms with E-state index in [0.29, 0.717) is 0 Å². The standard InChI is InChI=1S/C23H28Cl2O5S2/c1-17-7-11-19(12-8-17)31(27,28)15-3-5-21(24)23(26)22(25)6-4-16-32(29,30)20-13-9-18(2)10-14-20/h7-14,21-22H,3-6,15-16H2,1-2H3. The van der Waals surface area contributed by atoms with Crippen molar-refractivity contribution in [2.75, 3.05) is 11.5 Å². The first kappa shape index (κ1) is 26.8. The number of carbonyl (C=O) groups excluding carboxylic acids is 1. The Hall–Kier alpha value is -1.41. The van der Waals surface area contributed by atoms with Crippen molar-refractivity contribution in [1.29, 1.82) is 0 Å². The first-order valence-corrected chi connectivity index (χ1v) is 14.5. The van der Waals surface area contributed by atoms with Crippen LogP contribution in [0.5, 0.6) is 0 Å². The minimum absolute atomic E-state index is 0.117. The Kier molecular flexibility index (Phi) is 9.76. The Morgan fingerprint density at radius 1 is 0.688 bits per heavy atom. The first-order valence-electron chi connectivity index (χ1n) is 10.3. The quantitative estimate of drug-likeness (QED) is 0.373. The zero-order valence-electron chi connectivity index (χ0n) is 18.1. The molecule has 2 rings (SSSR count). The molecule has 2 unspecified atom stereocenters. The van der Waals surface area contributed by atoms with Crippen molar-refractivity contribution in [3.05, 3.63) is 59.7 Å². The van der Waals surface area contributed by atoms with E-state index in [2.05, 4.69) is 0 Å². The highest BCUT2D eigenvalue weighted by Gasteiger charge is 2.25. The van der Waals surface area contributed by atoms with Crippen LogP contribution in [0.4, 0.5) is 0 Å². The molecule has 2 atom stereocenters. The van der Waals surface area contributed by atoms with Gasteiger partial charge in [0.2, 0.25) is 0 Å². The summed E-state index contributed by atoms with van der Waals surface area (Å²) < 4.78 is 49.6. The molecule has 0 aromatic heterocycles. The van der Waals surface area contributed by atoms with Gasteiger partial charge in [0, 0.05) is 0 Å². The number of alkyl halides is 2. The molecule has 0 aliphatic heterocycles. The number of Topliss-reactive ketones (excluding diaryl/α,β-unsaturated/α-hetero) is 1.